The van der Waals surface area contributed by atoms with Crippen molar-refractivity contribution >= 4 is 15.7 Å². The number of sulfonamides is 1. The number of hydrogen-bond acceptors (Lipinski definition) is 4. The number of hydrogen-bond donors (Lipinski definition) is 3. The fourth-order valence-corrected chi connectivity index (χ4v) is 3.13. The van der Waals surface area contributed by atoms with Crippen molar-refractivity contribution in [2.24, 2.45) is 0 Å². The molecule has 0 bridgehead atoms. The quantitative estimate of drug-likeness (QED) is 0.752. The molecule has 3 rings (SSSR count). The van der Waals surface area contributed by atoms with E-state index in [1.807, 2.05) is 0 Å². The van der Waals surface area contributed by atoms with E-state index in [1.54, 1.807) is 36.7 Å². The number of imidazole rings is 1. The zero-order valence-corrected chi connectivity index (χ0v) is 11.7. The van der Waals surface area contributed by atoms with Crippen molar-refractivity contribution in [2.45, 2.75) is 30.3 Å². The Morgan fingerprint density at radius 3 is 2.60 bits per heavy atom. The summed E-state index contributed by atoms with van der Waals surface area (Å²) in [6.45, 7) is 0.569. The first kappa shape index (κ1) is 13.1. The summed E-state index contributed by atoms with van der Waals surface area (Å²) in [5.74, 6) is 0.831. The van der Waals surface area contributed by atoms with Gasteiger partial charge in [0.15, 0.2) is 0 Å². The van der Waals surface area contributed by atoms with E-state index in [4.69, 9.17) is 0 Å². The van der Waals surface area contributed by atoms with Crippen molar-refractivity contribution in [1.82, 2.24) is 14.7 Å². The molecule has 1 aliphatic rings. The van der Waals surface area contributed by atoms with Gasteiger partial charge in [0.2, 0.25) is 10.0 Å². The fraction of sp³-hybridized carbons (Fsp3) is 0.308. The first-order chi connectivity index (χ1) is 9.63. The topological polar surface area (TPSA) is 86.9 Å². The number of nitrogens with zero attached hydrogens (tertiary/aromatic N) is 1. The average molecular weight is 292 g/mol. The fourth-order valence-electron chi connectivity index (χ4n) is 1.82. The lowest BCUT2D eigenvalue weighted by Gasteiger charge is -2.08. The number of aromatic amines is 1. The maximum absolute atomic E-state index is 12.0. The van der Waals surface area contributed by atoms with Crippen LogP contribution in [0.15, 0.2) is 41.6 Å². The molecule has 6 nitrogen and oxygen atoms in total. The molecule has 20 heavy (non-hydrogen) atoms. The van der Waals surface area contributed by atoms with E-state index < -0.39 is 10.0 Å². The SMILES string of the molecule is O=S(=O)(NC1CC1)c1ccc(NCc2ncc[nH]2)cc1. The Morgan fingerprint density at radius 2 is 2.00 bits per heavy atom. The van der Waals surface area contributed by atoms with Crippen molar-refractivity contribution in [1.29, 1.82) is 0 Å². The van der Waals surface area contributed by atoms with Gasteiger partial charge in [-0.05, 0) is 37.1 Å². The van der Waals surface area contributed by atoms with Crippen LogP contribution in [0.4, 0.5) is 5.69 Å². The predicted octanol–water partition coefficient (Wildman–Crippen LogP) is 1.46. The van der Waals surface area contributed by atoms with Gasteiger partial charge in [-0.2, -0.15) is 0 Å². The summed E-state index contributed by atoms with van der Waals surface area (Å²) in [6.07, 6.45) is 5.32. The lowest BCUT2D eigenvalue weighted by molar-refractivity contribution is 0.581. The van der Waals surface area contributed by atoms with Crippen molar-refractivity contribution in [3.8, 4) is 0 Å². The minimum Gasteiger partial charge on any atom is -0.378 e. The Balaban J connectivity index is 1.64. The Kier molecular flexibility index (Phi) is 3.45. The molecular formula is C13H16N4O2S. The lowest BCUT2D eigenvalue weighted by atomic mass is 10.3. The van der Waals surface area contributed by atoms with Gasteiger partial charge in [0.1, 0.15) is 5.82 Å². The average Bonchev–Trinajstić information content (AvgIpc) is 3.08. The zero-order chi connectivity index (χ0) is 14.0. The highest BCUT2D eigenvalue weighted by molar-refractivity contribution is 7.89. The van der Waals surface area contributed by atoms with Crippen molar-refractivity contribution in [2.75, 3.05) is 5.32 Å². The van der Waals surface area contributed by atoms with E-state index in [1.165, 1.54) is 0 Å². The highest BCUT2D eigenvalue weighted by Gasteiger charge is 2.27. The molecule has 0 saturated heterocycles. The van der Waals surface area contributed by atoms with E-state index in [2.05, 4.69) is 20.0 Å². The predicted molar refractivity (Wildman–Crippen MR) is 75.7 cm³/mol. The second kappa shape index (κ2) is 5.26. The minimum absolute atomic E-state index is 0.122. The second-order valence-corrected chi connectivity index (χ2v) is 6.52. The maximum atomic E-state index is 12.0. The lowest BCUT2D eigenvalue weighted by Crippen LogP contribution is -2.25. The van der Waals surface area contributed by atoms with Crippen LogP contribution in [0.2, 0.25) is 0 Å². The van der Waals surface area contributed by atoms with Crippen LogP contribution in [0.1, 0.15) is 18.7 Å². The van der Waals surface area contributed by atoms with Gasteiger partial charge < -0.3 is 10.3 Å². The number of aromatic nitrogens is 2. The van der Waals surface area contributed by atoms with Gasteiger partial charge in [-0.1, -0.05) is 0 Å². The van der Waals surface area contributed by atoms with Crippen LogP contribution in [-0.4, -0.2) is 24.4 Å². The molecule has 0 radical (unpaired) electrons. The van der Waals surface area contributed by atoms with Gasteiger partial charge in [0.25, 0.3) is 0 Å². The Hall–Kier alpha value is -1.86. The highest BCUT2D eigenvalue weighted by Crippen LogP contribution is 2.22. The van der Waals surface area contributed by atoms with E-state index in [0.717, 1.165) is 24.4 Å². The summed E-state index contributed by atoms with van der Waals surface area (Å²) >= 11 is 0. The Morgan fingerprint density at radius 1 is 1.25 bits per heavy atom. The molecular weight excluding hydrogens is 276 g/mol. The highest BCUT2D eigenvalue weighted by atomic mass is 32.2. The molecule has 1 saturated carbocycles. The molecule has 7 heteroatoms. The molecule has 1 fully saturated rings. The first-order valence-corrected chi connectivity index (χ1v) is 7.96. The van der Waals surface area contributed by atoms with Crippen molar-refractivity contribution in [3.05, 3.63) is 42.5 Å². The molecule has 0 unspecified atom stereocenters. The van der Waals surface area contributed by atoms with Crippen LogP contribution in [-0.2, 0) is 16.6 Å². The summed E-state index contributed by atoms with van der Waals surface area (Å²) < 4.78 is 26.6. The smallest absolute Gasteiger partial charge is 0.240 e. The zero-order valence-electron chi connectivity index (χ0n) is 10.8. The van der Waals surface area contributed by atoms with Gasteiger partial charge >= 0.3 is 0 Å². The largest absolute Gasteiger partial charge is 0.378 e. The van der Waals surface area contributed by atoms with Crippen LogP contribution < -0.4 is 10.0 Å². The molecule has 1 heterocycles. The molecule has 0 atom stereocenters. The molecule has 2 aromatic rings. The van der Waals surface area contributed by atoms with E-state index >= 15 is 0 Å². The third-order valence-corrected chi connectivity index (χ3v) is 4.61. The van der Waals surface area contributed by atoms with E-state index in [9.17, 15) is 8.42 Å². The van der Waals surface area contributed by atoms with E-state index in [-0.39, 0.29) is 6.04 Å². The number of anilines is 1. The van der Waals surface area contributed by atoms with Crippen molar-refractivity contribution in [3.63, 3.8) is 0 Å². The van der Waals surface area contributed by atoms with Gasteiger partial charge in [-0.25, -0.2) is 18.1 Å². The van der Waals surface area contributed by atoms with Gasteiger partial charge in [0.05, 0.1) is 11.4 Å². The van der Waals surface area contributed by atoms with Gasteiger partial charge in [-0.3, -0.25) is 0 Å². The number of nitrogens with one attached hydrogen (secondary N) is 3. The van der Waals surface area contributed by atoms with Crippen LogP contribution in [0, 0.1) is 0 Å². The van der Waals surface area contributed by atoms with Crippen LogP contribution in [0.3, 0.4) is 0 Å². The van der Waals surface area contributed by atoms with Gasteiger partial charge in [-0.15, -0.1) is 0 Å². The number of benzene rings is 1. The second-order valence-electron chi connectivity index (χ2n) is 4.81. The molecule has 0 amide bonds. The molecule has 1 aromatic heterocycles. The summed E-state index contributed by atoms with van der Waals surface area (Å²) in [6, 6.07) is 6.84. The maximum Gasteiger partial charge on any atom is 0.240 e. The van der Waals surface area contributed by atoms with Crippen molar-refractivity contribution < 1.29 is 8.42 Å². The van der Waals surface area contributed by atoms with Crippen LogP contribution in [0.25, 0.3) is 0 Å². The minimum atomic E-state index is -3.37. The summed E-state index contributed by atoms with van der Waals surface area (Å²) in [4.78, 5) is 7.39. The standard InChI is InChI=1S/C13H16N4O2S/c18-20(19,17-11-1-2-11)12-5-3-10(4-6-12)16-9-13-14-7-8-15-13/h3-8,11,16-17H,1-2,9H2,(H,14,15). The molecule has 1 aromatic carbocycles. The summed E-state index contributed by atoms with van der Waals surface area (Å²) in [5, 5.41) is 3.17. The summed E-state index contributed by atoms with van der Waals surface area (Å²) in [5.41, 5.74) is 0.853. The van der Waals surface area contributed by atoms with E-state index in [0.29, 0.717) is 11.4 Å². The third kappa shape index (κ3) is 3.17. The first-order valence-electron chi connectivity index (χ1n) is 6.48. The monoisotopic (exact) mass is 292 g/mol. The molecule has 3 N–H and O–H groups in total. The molecule has 106 valence electrons. The molecule has 0 aliphatic heterocycles. The molecule has 0 spiro atoms. The number of H-pyrrole nitrogens is 1. The van der Waals surface area contributed by atoms with Crippen LogP contribution >= 0.6 is 0 Å². The normalized spacial score (nSPS) is 15.2. The Labute approximate surface area is 117 Å². The van der Waals surface area contributed by atoms with Gasteiger partial charge in [0, 0.05) is 24.1 Å². The molecule has 1 aliphatic carbocycles. The van der Waals surface area contributed by atoms with Crippen LogP contribution in [0.5, 0.6) is 0 Å². The third-order valence-electron chi connectivity index (χ3n) is 3.08. The summed E-state index contributed by atoms with van der Waals surface area (Å²) in [7, 11) is -3.37. The number of rotatable bonds is 6. The Bertz CT molecular complexity index is 661.